The van der Waals surface area contributed by atoms with Crippen LogP contribution in [0.3, 0.4) is 0 Å². The van der Waals surface area contributed by atoms with Crippen LogP contribution in [0.4, 0.5) is 0 Å². The SMILES string of the molecule is CCCn1ncnc1CC(=O)C1CCCCO1. The largest absolute Gasteiger partial charge is 0.370 e. The number of nitrogens with zero attached hydrogens (tertiary/aromatic N) is 3. The van der Waals surface area contributed by atoms with Crippen LogP contribution in [-0.4, -0.2) is 33.3 Å². The van der Waals surface area contributed by atoms with Gasteiger partial charge in [0.25, 0.3) is 0 Å². The second kappa shape index (κ2) is 5.91. The van der Waals surface area contributed by atoms with Gasteiger partial charge in [-0.1, -0.05) is 6.92 Å². The van der Waals surface area contributed by atoms with Gasteiger partial charge in [-0.05, 0) is 25.7 Å². The summed E-state index contributed by atoms with van der Waals surface area (Å²) in [5, 5.41) is 4.12. The van der Waals surface area contributed by atoms with Gasteiger partial charge in [-0.2, -0.15) is 5.10 Å². The third kappa shape index (κ3) is 3.12. The minimum absolute atomic E-state index is 0.134. The van der Waals surface area contributed by atoms with E-state index in [1.165, 1.54) is 6.33 Å². The van der Waals surface area contributed by atoms with E-state index in [-0.39, 0.29) is 11.9 Å². The van der Waals surface area contributed by atoms with Crippen LogP contribution >= 0.6 is 0 Å². The molecule has 0 aliphatic carbocycles. The Morgan fingerprint density at radius 1 is 1.59 bits per heavy atom. The summed E-state index contributed by atoms with van der Waals surface area (Å²) in [7, 11) is 0. The van der Waals surface area contributed by atoms with E-state index >= 15 is 0 Å². The number of hydrogen-bond donors (Lipinski definition) is 0. The molecule has 0 saturated carbocycles. The van der Waals surface area contributed by atoms with Gasteiger partial charge in [0.15, 0.2) is 5.78 Å². The van der Waals surface area contributed by atoms with E-state index in [4.69, 9.17) is 4.74 Å². The molecule has 0 amide bonds. The molecule has 0 aromatic carbocycles. The molecule has 1 atom stereocenters. The predicted octanol–water partition coefficient (Wildman–Crippen LogP) is 1.37. The lowest BCUT2D eigenvalue weighted by molar-refractivity contribution is -0.132. The van der Waals surface area contributed by atoms with Crippen molar-refractivity contribution in [2.45, 2.75) is 51.7 Å². The second-order valence-electron chi connectivity index (χ2n) is 4.40. The molecule has 94 valence electrons. The Hall–Kier alpha value is -1.23. The van der Waals surface area contributed by atoms with E-state index in [0.717, 1.165) is 38.1 Å². The van der Waals surface area contributed by atoms with Gasteiger partial charge in [0, 0.05) is 13.2 Å². The zero-order valence-electron chi connectivity index (χ0n) is 10.3. The van der Waals surface area contributed by atoms with Crippen LogP contribution in [0.2, 0.25) is 0 Å². The Morgan fingerprint density at radius 2 is 2.47 bits per heavy atom. The lowest BCUT2D eigenvalue weighted by Gasteiger charge is -2.21. The van der Waals surface area contributed by atoms with Crippen molar-refractivity contribution in [3.63, 3.8) is 0 Å². The molecule has 1 fully saturated rings. The summed E-state index contributed by atoms with van der Waals surface area (Å²) in [6.07, 6.45) is 5.61. The number of aromatic nitrogens is 3. The van der Waals surface area contributed by atoms with Gasteiger partial charge in [-0.15, -0.1) is 0 Å². The Balaban J connectivity index is 1.94. The van der Waals surface area contributed by atoms with E-state index in [9.17, 15) is 4.79 Å². The number of ketones is 1. The molecule has 2 rings (SSSR count). The van der Waals surface area contributed by atoms with E-state index in [0.29, 0.717) is 13.0 Å². The van der Waals surface area contributed by atoms with Crippen molar-refractivity contribution >= 4 is 5.78 Å². The first-order valence-electron chi connectivity index (χ1n) is 6.32. The predicted molar refractivity (Wildman–Crippen MR) is 62.6 cm³/mol. The molecule has 0 bridgehead atoms. The highest BCUT2D eigenvalue weighted by molar-refractivity contribution is 5.84. The highest BCUT2D eigenvalue weighted by atomic mass is 16.5. The minimum atomic E-state index is -0.226. The first-order valence-corrected chi connectivity index (χ1v) is 6.32. The standard InChI is InChI=1S/C12H19N3O2/c1-2-6-15-12(13-9-14-15)8-10(16)11-5-3-4-7-17-11/h9,11H,2-8H2,1H3. The zero-order chi connectivity index (χ0) is 12.1. The molecular weight excluding hydrogens is 218 g/mol. The van der Waals surface area contributed by atoms with Crippen LogP contribution in [0.1, 0.15) is 38.4 Å². The fraction of sp³-hybridized carbons (Fsp3) is 0.750. The Kier molecular flexibility index (Phi) is 4.25. The monoisotopic (exact) mass is 237 g/mol. The summed E-state index contributed by atoms with van der Waals surface area (Å²) < 4.78 is 7.29. The van der Waals surface area contributed by atoms with Gasteiger partial charge in [0.1, 0.15) is 18.3 Å². The molecule has 0 radical (unpaired) electrons. The molecule has 0 spiro atoms. The molecule has 1 saturated heterocycles. The topological polar surface area (TPSA) is 57.0 Å². The van der Waals surface area contributed by atoms with Crippen molar-refractivity contribution in [2.75, 3.05) is 6.61 Å². The molecule has 1 unspecified atom stereocenters. The molecular formula is C12H19N3O2. The molecule has 5 nitrogen and oxygen atoms in total. The first kappa shape index (κ1) is 12.2. The van der Waals surface area contributed by atoms with E-state index in [1.54, 1.807) is 4.68 Å². The van der Waals surface area contributed by atoms with Crippen molar-refractivity contribution < 1.29 is 9.53 Å². The molecule has 1 aromatic heterocycles. The van der Waals surface area contributed by atoms with Crippen LogP contribution in [0.5, 0.6) is 0 Å². The molecule has 1 aliphatic rings. The lowest BCUT2D eigenvalue weighted by atomic mass is 10.0. The highest BCUT2D eigenvalue weighted by Crippen LogP contribution is 2.15. The highest BCUT2D eigenvalue weighted by Gasteiger charge is 2.23. The third-order valence-electron chi connectivity index (χ3n) is 3.00. The van der Waals surface area contributed by atoms with Crippen LogP contribution in [-0.2, 0) is 22.5 Å². The maximum Gasteiger partial charge on any atom is 0.169 e. The number of hydrogen-bond acceptors (Lipinski definition) is 4. The van der Waals surface area contributed by atoms with Crippen molar-refractivity contribution in [3.05, 3.63) is 12.2 Å². The number of rotatable bonds is 5. The fourth-order valence-electron chi connectivity index (χ4n) is 2.09. The second-order valence-corrected chi connectivity index (χ2v) is 4.40. The number of Topliss-reactive ketones (excluding diaryl/α,β-unsaturated/α-hetero) is 1. The summed E-state index contributed by atoms with van der Waals surface area (Å²) in [5.41, 5.74) is 0. The number of aryl methyl sites for hydroxylation is 1. The average Bonchev–Trinajstić information content (AvgIpc) is 2.78. The smallest absolute Gasteiger partial charge is 0.169 e. The third-order valence-corrected chi connectivity index (χ3v) is 3.00. The first-order chi connectivity index (χ1) is 8.31. The summed E-state index contributed by atoms with van der Waals surface area (Å²) in [5.74, 6) is 0.890. The molecule has 2 heterocycles. The van der Waals surface area contributed by atoms with Crippen LogP contribution < -0.4 is 0 Å². The van der Waals surface area contributed by atoms with Gasteiger partial charge < -0.3 is 4.74 Å². The van der Waals surface area contributed by atoms with Gasteiger partial charge in [0.2, 0.25) is 0 Å². The van der Waals surface area contributed by atoms with Crippen LogP contribution in [0.15, 0.2) is 6.33 Å². The fourth-order valence-corrected chi connectivity index (χ4v) is 2.09. The Morgan fingerprint density at radius 3 is 3.18 bits per heavy atom. The summed E-state index contributed by atoms with van der Waals surface area (Å²) >= 11 is 0. The van der Waals surface area contributed by atoms with E-state index < -0.39 is 0 Å². The van der Waals surface area contributed by atoms with Crippen molar-refractivity contribution in [3.8, 4) is 0 Å². The minimum Gasteiger partial charge on any atom is -0.370 e. The van der Waals surface area contributed by atoms with Crippen molar-refractivity contribution in [1.29, 1.82) is 0 Å². The summed E-state index contributed by atoms with van der Waals surface area (Å²) in [6.45, 7) is 3.60. The van der Waals surface area contributed by atoms with Gasteiger partial charge in [-0.3, -0.25) is 4.79 Å². The lowest BCUT2D eigenvalue weighted by Crippen LogP contribution is -2.30. The number of ether oxygens (including phenoxy) is 1. The zero-order valence-corrected chi connectivity index (χ0v) is 10.3. The van der Waals surface area contributed by atoms with Crippen LogP contribution in [0.25, 0.3) is 0 Å². The molecule has 5 heteroatoms. The molecule has 0 N–H and O–H groups in total. The normalized spacial score (nSPS) is 20.4. The van der Waals surface area contributed by atoms with Crippen molar-refractivity contribution in [1.82, 2.24) is 14.8 Å². The number of carbonyl (C=O) groups is 1. The van der Waals surface area contributed by atoms with E-state index in [1.807, 2.05) is 0 Å². The maximum absolute atomic E-state index is 12.0. The Labute approximate surface area is 101 Å². The summed E-state index contributed by atoms with van der Waals surface area (Å²) in [6, 6.07) is 0. The van der Waals surface area contributed by atoms with Crippen LogP contribution in [0, 0.1) is 0 Å². The maximum atomic E-state index is 12.0. The average molecular weight is 237 g/mol. The molecule has 17 heavy (non-hydrogen) atoms. The molecule has 1 aromatic rings. The molecule has 1 aliphatic heterocycles. The summed E-state index contributed by atoms with van der Waals surface area (Å²) in [4.78, 5) is 16.2. The van der Waals surface area contributed by atoms with Gasteiger partial charge in [0.05, 0.1) is 6.42 Å². The Bertz CT molecular complexity index is 370. The quantitative estimate of drug-likeness (QED) is 0.776. The van der Waals surface area contributed by atoms with Gasteiger partial charge >= 0.3 is 0 Å². The van der Waals surface area contributed by atoms with Crippen molar-refractivity contribution in [2.24, 2.45) is 0 Å². The van der Waals surface area contributed by atoms with E-state index in [2.05, 4.69) is 17.0 Å². The van der Waals surface area contributed by atoms with Gasteiger partial charge in [-0.25, -0.2) is 9.67 Å². The number of carbonyl (C=O) groups excluding carboxylic acids is 1.